The highest BCUT2D eigenvalue weighted by atomic mass is 32.2. The number of aliphatic carboxylic acids is 3. The third kappa shape index (κ3) is 23.7. The van der Waals surface area contributed by atoms with E-state index in [1.807, 2.05) is 126 Å². The fourth-order valence-electron chi connectivity index (χ4n) is 6.13. The van der Waals surface area contributed by atoms with Gasteiger partial charge in [-0.05, 0) is 80.4 Å². The number of carboxylic acid groups (broad SMARTS) is 3. The monoisotopic (exact) mass is 951 g/mol. The molecule has 2 N–H and O–H groups in total. The van der Waals surface area contributed by atoms with E-state index in [-0.39, 0.29) is 36.1 Å². The maximum Gasteiger partial charge on any atom is 0.323 e. The summed E-state index contributed by atoms with van der Waals surface area (Å²) in [6, 6.07) is 25.5. The van der Waals surface area contributed by atoms with Crippen molar-refractivity contribution >= 4 is 70.1 Å². The Hall–Kier alpha value is -6.08. The van der Waals surface area contributed by atoms with E-state index in [0.717, 1.165) is 57.7 Å². The van der Waals surface area contributed by atoms with Crippen LogP contribution < -0.4 is 14.6 Å². The maximum atomic E-state index is 12.1. The van der Waals surface area contributed by atoms with Gasteiger partial charge < -0.3 is 48.4 Å². The summed E-state index contributed by atoms with van der Waals surface area (Å²) in [7, 11) is 11.1. The van der Waals surface area contributed by atoms with Crippen LogP contribution in [0.4, 0.5) is 0 Å². The van der Waals surface area contributed by atoms with Gasteiger partial charge in [-0.15, -0.1) is 0 Å². The number of likely N-dealkylation sites (N-methyl/N-ethyl adjacent to an activating group) is 2. The molecular weight excluding hydrogens is 891 g/mol. The fourth-order valence-corrected chi connectivity index (χ4v) is 7.44. The minimum atomic E-state index is -1.20. The zero-order valence-corrected chi connectivity index (χ0v) is 40.4. The molecule has 0 bridgehead atoms. The number of quaternary nitrogens is 1. The number of benzene rings is 3. The zero-order chi connectivity index (χ0) is 49.4. The molecule has 1 heterocycles. The summed E-state index contributed by atoms with van der Waals surface area (Å²) >= 11 is 6.17. The van der Waals surface area contributed by atoms with Gasteiger partial charge in [0.25, 0.3) is 5.91 Å². The number of aryl methyl sites for hydroxylation is 2. The fraction of sp³-hybridized carbons (Fsp3) is 0.396. The van der Waals surface area contributed by atoms with Crippen molar-refractivity contribution in [2.45, 2.75) is 58.2 Å². The van der Waals surface area contributed by atoms with Crippen LogP contribution in [-0.2, 0) is 51.1 Å². The molecule has 2 atom stereocenters. The number of ether oxygens (including phenoxy) is 4. The van der Waals surface area contributed by atoms with Gasteiger partial charge in [0.15, 0.2) is 6.10 Å². The molecule has 358 valence electrons. The SMILES string of the molecule is CC(/C=C1\SC(=S)N(CC(=O)O)C1=O)=C\c1ccccc1.CC(=O)O[C@H](CC(=O)[O-])C[N+](C)(C)C.COc1cccc(CCc2ccccc2OCC(CN(C)C)OC(=O)CCC(=O)O)c1. The summed E-state index contributed by atoms with van der Waals surface area (Å²) in [6.07, 6.45) is 3.54. The summed E-state index contributed by atoms with van der Waals surface area (Å²) < 4.78 is 22.4. The summed E-state index contributed by atoms with van der Waals surface area (Å²) in [6.45, 7) is 3.86. The number of thioether (sulfide) groups is 1. The summed E-state index contributed by atoms with van der Waals surface area (Å²) in [5.41, 5.74) is 4.17. The minimum Gasteiger partial charge on any atom is -0.550 e. The normalized spacial score (nSPS) is 14.0. The number of esters is 2. The Kier molecular flexibility index (Phi) is 24.4. The Labute approximate surface area is 396 Å². The molecule has 1 unspecified atom stereocenters. The Balaban J connectivity index is 0.000000369. The number of hydrogen-bond donors (Lipinski definition) is 2. The first-order chi connectivity index (χ1) is 31.0. The molecular formula is C48H61N3O13S2. The molecule has 0 aromatic heterocycles. The number of methoxy groups -OCH3 is 1. The van der Waals surface area contributed by atoms with E-state index < -0.39 is 48.6 Å². The maximum absolute atomic E-state index is 12.1. The molecule has 0 radical (unpaired) electrons. The van der Waals surface area contributed by atoms with Gasteiger partial charge >= 0.3 is 23.9 Å². The van der Waals surface area contributed by atoms with Gasteiger partial charge in [-0.3, -0.25) is 28.9 Å². The number of carboxylic acids is 3. The van der Waals surface area contributed by atoms with Gasteiger partial charge in [-0.2, -0.15) is 0 Å². The molecule has 1 aliphatic rings. The van der Waals surface area contributed by atoms with E-state index in [1.54, 1.807) is 13.2 Å². The van der Waals surface area contributed by atoms with Crippen molar-refractivity contribution in [3.63, 3.8) is 0 Å². The Bertz CT molecular complexity index is 2160. The second-order valence-corrected chi connectivity index (χ2v) is 18.0. The van der Waals surface area contributed by atoms with Gasteiger partial charge in [0.05, 0.1) is 46.0 Å². The quantitative estimate of drug-likeness (QED) is 0.0595. The summed E-state index contributed by atoms with van der Waals surface area (Å²) in [4.78, 5) is 69.9. The second-order valence-electron chi connectivity index (χ2n) is 16.3. The van der Waals surface area contributed by atoms with E-state index in [1.165, 1.54) is 12.5 Å². The first-order valence-corrected chi connectivity index (χ1v) is 22.0. The van der Waals surface area contributed by atoms with Crippen molar-refractivity contribution in [2.24, 2.45) is 0 Å². The van der Waals surface area contributed by atoms with E-state index in [9.17, 15) is 33.9 Å². The van der Waals surface area contributed by atoms with Crippen LogP contribution in [0.15, 0.2) is 95.4 Å². The molecule has 0 saturated carbocycles. The number of amides is 1. The summed E-state index contributed by atoms with van der Waals surface area (Å²) in [5.74, 6) is -3.09. The third-order valence-corrected chi connectivity index (χ3v) is 10.2. The number of allylic oxidation sites excluding steroid dienone is 2. The van der Waals surface area contributed by atoms with Crippen molar-refractivity contribution in [3.8, 4) is 11.5 Å². The topological polar surface area (TPSA) is 209 Å². The Morgan fingerprint density at radius 3 is 2.14 bits per heavy atom. The van der Waals surface area contributed by atoms with Gasteiger partial charge in [0, 0.05) is 25.9 Å². The Morgan fingerprint density at radius 2 is 1.55 bits per heavy atom. The molecule has 1 aliphatic heterocycles. The molecule has 16 nitrogen and oxygen atoms in total. The molecule has 1 fully saturated rings. The number of rotatable bonds is 22. The van der Waals surface area contributed by atoms with Crippen LogP contribution in [0.2, 0.25) is 0 Å². The highest BCUT2D eigenvalue weighted by Crippen LogP contribution is 2.32. The molecule has 18 heteroatoms. The molecule has 1 saturated heterocycles. The zero-order valence-electron chi connectivity index (χ0n) is 38.7. The van der Waals surface area contributed by atoms with Gasteiger partial charge in [0.2, 0.25) is 0 Å². The number of hydrogen-bond acceptors (Lipinski definition) is 14. The van der Waals surface area contributed by atoms with Gasteiger partial charge in [0.1, 0.15) is 41.6 Å². The minimum absolute atomic E-state index is 0.156. The molecule has 0 aliphatic carbocycles. The lowest BCUT2D eigenvalue weighted by molar-refractivity contribution is -0.873. The van der Waals surface area contributed by atoms with Crippen molar-refractivity contribution in [3.05, 3.63) is 112 Å². The molecule has 3 aromatic rings. The van der Waals surface area contributed by atoms with Crippen LogP contribution in [0.3, 0.4) is 0 Å². The summed E-state index contributed by atoms with van der Waals surface area (Å²) in [5, 5.41) is 27.9. The van der Waals surface area contributed by atoms with Gasteiger partial charge in [-0.25, -0.2) is 0 Å². The van der Waals surface area contributed by atoms with Crippen LogP contribution in [-0.4, -0.2) is 145 Å². The standard InChI is InChI=1S/C24H31NO6.C15H13NO3S2.C9H17NO4/c1-25(2)16-21(31-24(28)14-13-23(26)27)17-30-22-10-5-4-8-19(22)12-11-18-7-6-9-20(15-18)29-3;1-10(7-11-5-3-2-4-6-11)8-12-14(19)16(9-13(17)18)15(20)21-12;1-7(11)14-8(5-9(12)13)6-10(2,3)4/h4-10,15,21H,11-14,16-17H2,1-3H3,(H,26,27);2-8H,9H2,1H3,(H,17,18);8H,5-6H2,1-4H3/b;10-7+,12-8-;/t;;8-/m..1/s1. The lowest BCUT2D eigenvalue weighted by atomic mass is 10.0. The second kappa shape index (κ2) is 28.7. The predicted molar refractivity (Wildman–Crippen MR) is 253 cm³/mol. The smallest absolute Gasteiger partial charge is 0.323 e. The highest BCUT2D eigenvalue weighted by molar-refractivity contribution is 8.26. The number of para-hydroxylation sites is 1. The van der Waals surface area contributed by atoms with E-state index >= 15 is 0 Å². The number of nitrogens with zero attached hydrogens (tertiary/aromatic N) is 3. The van der Waals surface area contributed by atoms with E-state index in [4.69, 9.17) is 41.4 Å². The van der Waals surface area contributed by atoms with Crippen molar-refractivity contribution in [1.82, 2.24) is 9.80 Å². The average molecular weight is 952 g/mol. The van der Waals surface area contributed by atoms with Crippen molar-refractivity contribution in [2.75, 3.05) is 68.6 Å². The van der Waals surface area contributed by atoms with Crippen molar-refractivity contribution in [1.29, 1.82) is 0 Å². The number of carbonyl (C=O) groups is 6. The van der Waals surface area contributed by atoms with Crippen LogP contribution in [0.5, 0.6) is 11.5 Å². The van der Waals surface area contributed by atoms with Gasteiger partial charge in [-0.1, -0.05) is 90.7 Å². The largest absolute Gasteiger partial charge is 0.550 e. The molecule has 0 spiro atoms. The van der Waals surface area contributed by atoms with E-state index in [0.29, 0.717) is 22.5 Å². The first-order valence-electron chi connectivity index (χ1n) is 20.8. The van der Waals surface area contributed by atoms with Crippen LogP contribution in [0, 0.1) is 0 Å². The molecule has 3 aromatic carbocycles. The van der Waals surface area contributed by atoms with Crippen molar-refractivity contribution < 1.29 is 67.5 Å². The van der Waals surface area contributed by atoms with E-state index in [2.05, 4.69) is 6.07 Å². The van der Waals surface area contributed by atoms with Crippen LogP contribution >= 0.6 is 24.0 Å². The lowest BCUT2D eigenvalue weighted by Crippen LogP contribution is -2.45. The number of carbonyl (C=O) groups excluding carboxylic acids is 4. The first kappa shape index (κ1) is 56.1. The van der Waals surface area contributed by atoms with Crippen LogP contribution in [0.25, 0.3) is 6.08 Å². The predicted octanol–water partition coefficient (Wildman–Crippen LogP) is 4.88. The lowest BCUT2D eigenvalue weighted by Gasteiger charge is -2.28. The Morgan fingerprint density at radius 1 is 0.879 bits per heavy atom. The molecule has 66 heavy (non-hydrogen) atoms. The molecule has 1 amide bonds. The number of thiocarbonyl (C=S) groups is 1. The highest BCUT2D eigenvalue weighted by Gasteiger charge is 2.33. The third-order valence-electron chi connectivity index (χ3n) is 8.82. The average Bonchev–Trinajstić information content (AvgIpc) is 3.47. The molecule has 4 rings (SSSR count). The van der Waals surface area contributed by atoms with Crippen LogP contribution in [0.1, 0.15) is 49.8 Å².